The number of aryl methyl sites for hydroxylation is 3. The van der Waals surface area contributed by atoms with Gasteiger partial charge in [-0.3, -0.25) is 0 Å². The summed E-state index contributed by atoms with van der Waals surface area (Å²) in [6, 6.07) is 16.3. The molecule has 2 N–H and O–H groups in total. The molecule has 1 atom stereocenters. The van der Waals surface area contributed by atoms with Gasteiger partial charge in [0.1, 0.15) is 5.75 Å². The minimum absolute atomic E-state index is 0.334. The van der Waals surface area contributed by atoms with Crippen molar-refractivity contribution < 1.29 is 5.11 Å². The van der Waals surface area contributed by atoms with Crippen molar-refractivity contribution in [1.29, 1.82) is 0 Å². The maximum Gasteiger partial charge on any atom is 0.115 e. The van der Waals surface area contributed by atoms with Crippen molar-refractivity contribution in [3.8, 4) is 5.75 Å². The van der Waals surface area contributed by atoms with Crippen LogP contribution in [0, 0.1) is 5.92 Å². The van der Waals surface area contributed by atoms with Crippen LogP contribution >= 0.6 is 0 Å². The third-order valence-corrected chi connectivity index (χ3v) is 4.83. The lowest BCUT2D eigenvalue weighted by atomic mass is 10.0. The molecule has 28 heavy (non-hydrogen) atoms. The standard InChI is InChI=1S/C16H18O.C10H15N/c1-2-13-3-5-14(6-4-13)7-8-15-9-11-16(17)12-10-15;1-9-4-3-5-10(7-6-9)8-11-2/h3-6,9-12,17H,2,7-8H2,1H3;3-7,10-11H,8H2,1-2H3. The molecule has 1 aliphatic rings. The number of aromatic hydroxyl groups is 1. The molecule has 2 nitrogen and oxygen atoms in total. The first-order valence-corrected chi connectivity index (χ1v) is 10.1. The SMILES string of the molecule is CCc1ccc(CCc2ccc(O)cc2)cc1.CNCC1C=CC=C(C)C=C1. The molecule has 0 fully saturated rings. The fourth-order valence-corrected chi connectivity index (χ4v) is 3.01. The Morgan fingerprint density at radius 3 is 2.00 bits per heavy atom. The van der Waals surface area contributed by atoms with Crippen LogP contribution < -0.4 is 5.32 Å². The molecule has 148 valence electrons. The van der Waals surface area contributed by atoms with E-state index in [9.17, 15) is 5.11 Å². The number of allylic oxidation sites excluding steroid dienone is 4. The van der Waals surface area contributed by atoms with Crippen molar-refractivity contribution in [2.75, 3.05) is 13.6 Å². The Bertz CT molecular complexity index is 782. The van der Waals surface area contributed by atoms with Gasteiger partial charge in [-0.2, -0.15) is 0 Å². The molecule has 0 saturated heterocycles. The minimum Gasteiger partial charge on any atom is -0.508 e. The topological polar surface area (TPSA) is 32.3 Å². The maximum atomic E-state index is 9.20. The zero-order valence-electron chi connectivity index (χ0n) is 17.4. The Morgan fingerprint density at radius 2 is 1.43 bits per heavy atom. The zero-order chi connectivity index (χ0) is 20.2. The van der Waals surface area contributed by atoms with Crippen LogP contribution in [0.4, 0.5) is 0 Å². The van der Waals surface area contributed by atoms with Gasteiger partial charge in [-0.25, -0.2) is 0 Å². The number of hydrogen-bond donors (Lipinski definition) is 2. The number of phenols is 1. The van der Waals surface area contributed by atoms with E-state index in [1.807, 2.05) is 19.2 Å². The number of rotatable bonds is 6. The highest BCUT2D eigenvalue weighted by atomic mass is 16.3. The first kappa shape index (κ1) is 21.7. The Hall–Kier alpha value is -2.58. The van der Waals surface area contributed by atoms with Crippen molar-refractivity contribution >= 4 is 0 Å². The molecule has 0 bridgehead atoms. The fraction of sp³-hybridized carbons (Fsp3) is 0.308. The summed E-state index contributed by atoms with van der Waals surface area (Å²) in [6.45, 7) is 5.31. The van der Waals surface area contributed by atoms with Gasteiger partial charge in [0.25, 0.3) is 0 Å². The molecule has 0 radical (unpaired) electrons. The van der Waals surface area contributed by atoms with Crippen molar-refractivity contribution in [2.24, 2.45) is 5.92 Å². The van der Waals surface area contributed by atoms with Gasteiger partial charge in [-0.1, -0.05) is 79.3 Å². The first-order chi connectivity index (χ1) is 13.6. The van der Waals surface area contributed by atoms with E-state index in [-0.39, 0.29) is 0 Å². The third-order valence-electron chi connectivity index (χ3n) is 4.83. The zero-order valence-corrected chi connectivity index (χ0v) is 17.4. The predicted molar refractivity (Wildman–Crippen MR) is 121 cm³/mol. The van der Waals surface area contributed by atoms with Crippen LogP contribution in [0.2, 0.25) is 0 Å². The van der Waals surface area contributed by atoms with Gasteiger partial charge in [-0.15, -0.1) is 0 Å². The fourth-order valence-electron chi connectivity index (χ4n) is 3.01. The van der Waals surface area contributed by atoms with E-state index in [1.54, 1.807) is 12.1 Å². The summed E-state index contributed by atoms with van der Waals surface area (Å²) in [6.07, 6.45) is 14.0. The average Bonchev–Trinajstić information content (AvgIpc) is 2.93. The molecule has 0 amide bonds. The van der Waals surface area contributed by atoms with Crippen molar-refractivity contribution in [3.63, 3.8) is 0 Å². The van der Waals surface area contributed by atoms with E-state index in [0.29, 0.717) is 11.7 Å². The Balaban J connectivity index is 0.000000221. The molecule has 3 rings (SSSR count). The minimum atomic E-state index is 0.334. The Morgan fingerprint density at radius 1 is 0.857 bits per heavy atom. The summed E-state index contributed by atoms with van der Waals surface area (Å²) in [5.41, 5.74) is 5.34. The summed E-state index contributed by atoms with van der Waals surface area (Å²) < 4.78 is 0. The molecule has 2 heteroatoms. The van der Waals surface area contributed by atoms with Crippen LogP contribution in [-0.2, 0) is 19.3 Å². The van der Waals surface area contributed by atoms with Crippen LogP contribution in [0.15, 0.2) is 84.5 Å². The summed E-state index contributed by atoms with van der Waals surface area (Å²) in [5.74, 6) is 0.884. The largest absolute Gasteiger partial charge is 0.508 e. The molecule has 2 aromatic rings. The van der Waals surface area contributed by atoms with E-state index in [4.69, 9.17) is 0 Å². The number of nitrogens with one attached hydrogen (secondary N) is 1. The van der Waals surface area contributed by atoms with Crippen LogP contribution in [0.25, 0.3) is 0 Å². The van der Waals surface area contributed by atoms with Gasteiger partial charge < -0.3 is 10.4 Å². The smallest absolute Gasteiger partial charge is 0.115 e. The predicted octanol–water partition coefficient (Wildman–Crippen LogP) is 5.63. The molecular weight excluding hydrogens is 342 g/mol. The van der Waals surface area contributed by atoms with Crippen molar-refractivity contribution in [2.45, 2.75) is 33.1 Å². The molecule has 0 spiro atoms. The lowest BCUT2D eigenvalue weighted by molar-refractivity contribution is 0.475. The van der Waals surface area contributed by atoms with Crippen LogP contribution in [0.1, 0.15) is 30.5 Å². The highest BCUT2D eigenvalue weighted by molar-refractivity contribution is 5.28. The summed E-state index contributed by atoms with van der Waals surface area (Å²) in [5, 5.41) is 12.4. The molecular formula is C26H33NO. The second-order valence-corrected chi connectivity index (χ2v) is 7.21. The maximum absolute atomic E-state index is 9.20. The van der Waals surface area contributed by atoms with E-state index < -0.39 is 0 Å². The molecule has 0 heterocycles. The van der Waals surface area contributed by atoms with Gasteiger partial charge in [0, 0.05) is 12.5 Å². The average molecular weight is 376 g/mol. The first-order valence-electron chi connectivity index (χ1n) is 10.1. The Kier molecular flexibility index (Phi) is 9.30. The van der Waals surface area contributed by atoms with E-state index in [2.05, 4.69) is 73.8 Å². The number of benzene rings is 2. The second-order valence-electron chi connectivity index (χ2n) is 7.21. The highest BCUT2D eigenvalue weighted by Crippen LogP contribution is 2.13. The quantitative estimate of drug-likeness (QED) is 0.685. The second kappa shape index (κ2) is 12.0. The molecule has 0 aromatic heterocycles. The van der Waals surface area contributed by atoms with Crippen LogP contribution in [0.5, 0.6) is 5.75 Å². The summed E-state index contributed by atoms with van der Waals surface area (Å²) in [4.78, 5) is 0. The Labute approximate surface area is 170 Å². The van der Waals surface area contributed by atoms with Crippen LogP contribution in [0.3, 0.4) is 0 Å². The summed E-state index contributed by atoms with van der Waals surface area (Å²) >= 11 is 0. The monoisotopic (exact) mass is 375 g/mol. The molecule has 0 saturated carbocycles. The van der Waals surface area contributed by atoms with Gasteiger partial charge in [0.05, 0.1) is 0 Å². The molecule has 0 aliphatic heterocycles. The van der Waals surface area contributed by atoms with Gasteiger partial charge in [0.15, 0.2) is 0 Å². The lowest BCUT2D eigenvalue weighted by Crippen LogP contribution is -2.14. The van der Waals surface area contributed by atoms with Gasteiger partial charge >= 0.3 is 0 Å². The highest BCUT2D eigenvalue weighted by Gasteiger charge is 1.99. The van der Waals surface area contributed by atoms with Crippen molar-refractivity contribution in [1.82, 2.24) is 5.32 Å². The molecule has 1 aliphatic carbocycles. The summed E-state index contributed by atoms with van der Waals surface area (Å²) in [7, 11) is 1.98. The van der Waals surface area contributed by atoms with Gasteiger partial charge in [0.2, 0.25) is 0 Å². The molecule has 1 unspecified atom stereocenters. The van der Waals surface area contributed by atoms with Gasteiger partial charge in [-0.05, 0) is 62.1 Å². The lowest BCUT2D eigenvalue weighted by Gasteiger charge is -2.03. The van der Waals surface area contributed by atoms with Crippen LogP contribution in [-0.4, -0.2) is 18.7 Å². The van der Waals surface area contributed by atoms with E-state index >= 15 is 0 Å². The van der Waals surface area contributed by atoms with E-state index in [1.165, 1.54) is 22.3 Å². The number of hydrogen-bond acceptors (Lipinski definition) is 2. The number of phenolic OH excluding ortho intramolecular Hbond substituents is 1. The third kappa shape index (κ3) is 7.98. The normalized spacial score (nSPS) is 15.4. The molecule has 2 aromatic carbocycles. The van der Waals surface area contributed by atoms with Crippen molar-refractivity contribution in [3.05, 3.63) is 101 Å². The van der Waals surface area contributed by atoms with E-state index in [0.717, 1.165) is 25.8 Å².